The van der Waals surface area contributed by atoms with Crippen molar-refractivity contribution in [1.82, 2.24) is 34.8 Å². The van der Waals surface area contributed by atoms with Crippen molar-refractivity contribution < 1.29 is 29.7 Å². The van der Waals surface area contributed by atoms with Gasteiger partial charge in [-0.15, -0.1) is 0 Å². The largest absolute Gasteiger partial charge is 0.478 e. The maximum Gasteiger partial charge on any atom is 0.335 e. The number of hydrogen-bond donors (Lipinski definition) is 6. The molecule has 0 unspecified atom stereocenters. The minimum atomic E-state index is -1.04. The molecule has 6 rings (SSSR count). The maximum absolute atomic E-state index is 11.4. The van der Waals surface area contributed by atoms with E-state index in [0.29, 0.717) is 70.2 Å². The molecule has 3 aromatic carbocycles. The number of carboxylic acid groups (broad SMARTS) is 3. The molecule has 0 spiro atoms. The molecule has 0 radical (unpaired) electrons. The van der Waals surface area contributed by atoms with Gasteiger partial charge in [-0.25, -0.2) is 29.3 Å². The number of nitrogens with zero attached hydrogens (tertiary/aromatic N) is 4. The SMILES string of the molecule is O=C(O)c1ccc2nc(CN(Cc3nc4ccc(C(=O)O)cc4[nH]3)Cc3nc4ccc(C(=O)O)cc4[nH]3)[nH]c2c1. The zero-order valence-corrected chi connectivity index (χ0v) is 20.7. The smallest absolute Gasteiger partial charge is 0.335 e. The number of carbonyl (C=O) groups is 3. The van der Waals surface area contributed by atoms with Crippen LogP contribution in [0.25, 0.3) is 33.1 Å². The lowest BCUT2D eigenvalue weighted by Gasteiger charge is -2.18. The third-order valence-electron chi connectivity index (χ3n) is 6.45. The Morgan fingerprint density at radius 2 is 0.850 bits per heavy atom. The molecule has 3 aromatic heterocycles. The summed E-state index contributed by atoms with van der Waals surface area (Å²) in [5, 5.41) is 27.9. The highest BCUT2D eigenvalue weighted by Gasteiger charge is 2.17. The molecule has 0 fully saturated rings. The fourth-order valence-electron chi connectivity index (χ4n) is 4.61. The summed E-state index contributed by atoms with van der Waals surface area (Å²) in [5.74, 6) is -1.34. The number of nitrogens with one attached hydrogen (secondary N) is 3. The quantitative estimate of drug-likeness (QED) is 0.158. The molecule has 40 heavy (non-hydrogen) atoms. The Balaban J connectivity index is 1.33. The summed E-state index contributed by atoms with van der Waals surface area (Å²) >= 11 is 0. The van der Waals surface area contributed by atoms with Gasteiger partial charge in [0.05, 0.1) is 69.4 Å². The van der Waals surface area contributed by atoms with Crippen LogP contribution >= 0.6 is 0 Å². The van der Waals surface area contributed by atoms with Gasteiger partial charge in [0.15, 0.2) is 0 Å². The molecule has 0 saturated carbocycles. The monoisotopic (exact) mass is 539 g/mol. The summed E-state index contributed by atoms with van der Waals surface area (Å²) in [6, 6.07) is 14.0. The molecule has 3 heterocycles. The predicted octanol–water partition coefficient (Wildman–Crippen LogP) is 3.61. The third-order valence-corrected chi connectivity index (χ3v) is 6.45. The van der Waals surface area contributed by atoms with Gasteiger partial charge in [0.2, 0.25) is 0 Å². The van der Waals surface area contributed by atoms with Gasteiger partial charge < -0.3 is 30.3 Å². The zero-order valence-electron chi connectivity index (χ0n) is 20.7. The van der Waals surface area contributed by atoms with Crippen molar-refractivity contribution in [3.05, 3.63) is 88.8 Å². The highest BCUT2D eigenvalue weighted by atomic mass is 16.4. The van der Waals surface area contributed by atoms with Crippen LogP contribution in [-0.4, -0.2) is 68.0 Å². The van der Waals surface area contributed by atoms with E-state index >= 15 is 0 Å². The normalized spacial score (nSPS) is 11.6. The first-order valence-electron chi connectivity index (χ1n) is 12.1. The van der Waals surface area contributed by atoms with E-state index in [9.17, 15) is 29.7 Å². The fraction of sp³-hybridized carbons (Fsp3) is 0.111. The number of imidazole rings is 3. The Morgan fingerprint density at radius 1 is 0.550 bits per heavy atom. The lowest BCUT2D eigenvalue weighted by Crippen LogP contribution is -2.24. The van der Waals surface area contributed by atoms with E-state index in [1.54, 1.807) is 18.2 Å². The van der Waals surface area contributed by atoms with Crippen molar-refractivity contribution in [3.63, 3.8) is 0 Å². The summed E-state index contributed by atoms with van der Waals surface area (Å²) in [7, 11) is 0. The van der Waals surface area contributed by atoms with E-state index in [2.05, 4.69) is 29.9 Å². The van der Waals surface area contributed by atoms with Crippen molar-refractivity contribution in [2.45, 2.75) is 19.6 Å². The summed E-state index contributed by atoms with van der Waals surface area (Å²) in [5.41, 5.74) is 4.06. The van der Waals surface area contributed by atoms with Crippen molar-refractivity contribution in [3.8, 4) is 0 Å². The van der Waals surface area contributed by atoms with Gasteiger partial charge in [0, 0.05) is 0 Å². The summed E-state index contributed by atoms with van der Waals surface area (Å²) in [6.45, 7) is 0.934. The van der Waals surface area contributed by atoms with E-state index in [1.165, 1.54) is 36.4 Å². The van der Waals surface area contributed by atoms with Crippen LogP contribution in [0.2, 0.25) is 0 Å². The molecule has 6 N–H and O–H groups in total. The first-order valence-corrected chi connectivity index (χ1v) is 12.1. The minimum Gasteiger partial charge on any atom is -0.478 e. The standard InChI is InChI=1S/C27H21N7O6/c35-25(36)13-1-4-16-19(7-13)31-22(28-16)10-34(11-23-29-17-5-2-14(26(37)38)8-20(17)32-23)12-24-30-18-6-3-15(27(39)40)9-21(18)33-24/h1-9H,10-12H2,(H,28,31)(H,29,32)(H,30,33)(H,35,36)(H,37,38)(H,39,40). The molecular weight excluding hydrogens is 518 g/mol. The van der Waals surface area contributed by atoms with Crippen LogP contribution in [0.1, 0.15) is 48.5 Å². The lowest BCUT2D eigenvalue weighted by molar-refractivity contribution is 0.0686. The average Bonchev–Trinajstić information content (AvgIpc) is 3.62. The maximum atomic E-state index is 11.4. The number of hydrogen-bond acceptors (Lipinski definition) is 7. The Hall–Kier alpha value is -5.56. The Morgan fingerprint density at radius 3 is 1.12 bits per heavy atom. The highest BCUT2D eigenvalue weighted by Crippen LogP contribution is 2.20. The van der Waals surface area contributed by atoms with Gasteiger partial charge in [0.25, 0.3) is 0 Å². The van der Waals surface area contributed by atoms with Crippen molar-refractivity contribution in [2.75, 3.05) is 0 Å². The first kappa shape index (κ1) is 24.8. The molecule has 0 aliphatic rings. The molecule has 0 atom stereocenters. The van der Waals surface area contributed by atoms with Crippen LogP contribution in [0.4, 0.5) is 0 Å². The molecule has 0 aliphatic carbocycles. The Bertz CT molecular complexity index is 1730. The number of rotatable bonds is 9. The topological polar surface area (TPSA) is 201 Å². The van der Waals surface area contributed by atoms with Crippen LogP contribution in [0.5, 0.6) is 0 Å². The molecule has 0 bridgehead atoms. The number of aromatic nitrogens is 6. The second-order valence-electron chi connectivity index (χ2n) is 9.31. The van der Waals surface area contributed by atoms with Gasteiger partial charge in [0.1, 0.15) is 17.5 Å². The summed E-state index contributed by atoms with van der Waals surface area (Å²) < 4.78 is 0. The van der Waals surface area contributed by atoms with Crippen LogP contribution < -0.4 is 0 Å². The molecule has 0 saturated heterocycles. The first-order chi connectivity index (χ1) is 19.2. The van der Waals surface area contributed by atoms with Crippen LogP contribution in [0, 0.1) is 0 Å². The van der Waals surface area contributed by atoms with Crippen LogP contribution in [-0.2, 0) is 19.6 Å². The average molecular weight is 540 g/mol. The second kappa shape index (κ2) is 9.63. The third kappa shape index (κ3) is 4.83. The van der Waals surface area contributed by atoms with E-state index in [-0.39, 0.29) is 16.7 Å². The Kier molecular flexibility index (Phi) is 5.96. The summed E-state index contributed by atoms with van der Waals surface area (Å²) in [4.78, 5) is 59.4. The number of fused-ring (bicyclic) bond motifs is 3. The van der Waals surface area contributed by atoms with E-state index in [4.69, 9.17) is 0 Å². The molecule has 200 valence electrons. The molecular formula is C27H21N7O6. The number of benzene rings is 3. The molecule has 0 aliphatic heterocycles. The fourth-order valence-corrected chi connectivity index (χ4v) is 4.61. The molecule has 13 heteroatoms. The minimum absolute atomic E-state index is 0.144. The number of H-pyrrole nitrogens is 3. The van der Waals surface area contributed by atoms with Crippen molar-refractivity contribution in [1.29, 1.82) is 0 Å². The molecule has 0 amide bonds. The van der Waals surface area contributed by atoms with Crippen LogP contribution in [0.3, 0.4) is 0 Å². The van der Waals surface area contributed by atoms with Gasteiger partial charge in [-0.05, 0) is 54.6 Å². The van der Waals surface area contributed by atoms with Crippen molar-refractivity contribution >= 4 is 51.0 Å². The van der Waals surface area contributed by atoms with Crippen molar-refractivity contribution in [2.24, 2.45) is 0 Å². The van der Waals surface area contributed by atoms with Gasteiger partial charge >= 0.3 is 17.9 Å². The predicted molar refractivity (Wildman–Crippen MR) is 142 cm³/mol. The molecule has 6 aromatic rings. The van der Waals surface area contributed by atoms with Gasteiger partial charge in [-0.3, -0.25) is 4.90 Å². The lowest BCUT2D eigenvalue weighted by atomic mass is 10.2. The van der Waals surface area contributed by atoms with E-state index in [0.717, 1.165) is 0 Å². The van der Waals surface area contributed by atoms with Crippen LogP contribution in [0.15, 0.2) is 54.6 Å². The Labute approximate surface area is 224 Å². The molecule has 13 nitrogen and oxygen atoms in total. The second-order valence-corrected chi connectivity index (χ2v) is 9.31. The summed E-state index contributed by atoms with van der Waals surface area (Å²) in [6.07, 6.45) is 0. The number of aromatic carboxylic acids is 3. The van der Waals surface area contributed by atoms with E-state index < -0.39 is 17.9 Å². The van der Waals surface area contributed by atoms with E-state index in [1.807, 2.05) is 4.90 Å². The number of carboxylic acids is 3. The van der Waals surface area contributed by atoms with Gasteiger partial charge in [-0.1, -0.05) is 0 Å². The highest BCUT2D eigenvalue weighted by molar-refractivity contribution is 5.93. The van der Waals surface area contributed by atoms with Gasteiger partial charge in [-0.2, -0.15) is 0 Å². The number of aromatic amines is 3. The zero-order chi connectivity index (χ0) is 28.0.